The highest BCUT2D eigenvalue weighted by Gasteiger charge is 2.35. The van der Waals surface area contributed by atoms with Gasteiger partial charge < -0.3 is 10.4 Å². The van der Waals surface area contributed by atoms with Gasteiger partial charge in [-0.3, -0.25) is 4.79 Å². The molecule has 1 aliphatic carbocycles. The largest absolute Gasteiger partial charge is 0.481 e. The van der Waals surface area contributed by atoms with Crippen molar-refractivity contribution in [1.29, 1.82) is 0 Å². The molecule has 2 N–H and O–H groups in total. The van der Waals surface area contributed by atoms with Crippen LogP contribution in [0.4, 0.5) is 5.95 Å². The first-order chi connectivity index (χ1) is 8.99. The van der Waals surface area contributed by atoms with Gasteiger partial charge in [-0.25, -0.2) is 9.97 Å². The van der Waals surface area contributed by atoms with Crippen LogP contribution in [-0.4, -0.2) is 26.6 Å². The number of anilines is 1. The first-order valence-electron chi connectivity index (χ1n) is 6.81. The zero-order valence-corrected chi connectivity index (χ0v) is 11.6. The maximum atomic E-state index is 11.1. The maximum absolute atomic E-state index is 11.1. The summed E-state index contributed by atoms with van der Waals surface area (Å²) in [6.45, 7) is 3.84. The molecule has 0 atom stereocenters. The highest BCUT2D eigenvalue weighted by molar-refractivity contribution is 5.69. The van der Waals surface area contributed by atoms with Gasteiger partial charge in [-0.2, -0.15) is 0 Å². The molecule has 0 spiro atoms. The summed E-state index contributed by atoms with van der Waals surface area (Å²) in [6, 6.07) is 1.91. The second-order valence-corrected chi connectivity index (χ2v) is 5.51. The molecule has 5 heteroatoms. The second kappa shape index (κ2) is 5.55. The molecule has 19 heavy (non-hydrogen) atoms. The van der Waals surface area contributed by atoms with Gasteiger partial charge in [-0.1, -0.05) is 19.3 Å². The quantitative estimate of drug-likeness (QED) is 0.873. The van der Waals surface area contributed by atoms with Gasteiger partial charge >= 0.3 is 5.97 Å². The first-order valence-corrected chi connectivity index (χ1v) is 6.81. The van der Waals surface area contributed by atoms with Crippen molar-refractivity contribution < 1.29 is 9.90 Å². The lowest BCUT2D eigenvalue weighted by molar-refractivity contribution is -0.138. The number of carboxylic acid groups (broad SMARTS) is 1. The molecule has 0 amide bonds. The number of rotatable bonds is 4. The van der Waals surface area contributed by atoms with Crippen molar-refractivity contribution in [3.05, 3.63) is 17.5 Å². The van der Waals surface area contributed by atoms with E-state index in [9.17, 15) is 4.79 Å². The summed E-state index contributed by atoms with van der Waals surface area (Å²) in [5, 5.41) is 12.4. The van der Waals surface area contributed by atoms with Crippen LogP contribution in [0.3, 0.4) is 0 Å². The number of nitrogens with zero attached hydrogens (tertiary/aromatic N) is 2. The van der Waals surface area contributed by atoms with E-state index >= 15 is 0 Å². The molecule has 1 fully saturated rings. The molecule has 0 aliphatic heterocycles. The minimum Gasteiger partial charge on any atom is -0.481 e. The Kier molecular flexibility index (Phi) is 4.02. The van der Waals surface area contributed by atoms with Gasteiger partial charge in [0, 0.05) is 11.4 Å². The molecule has 1 aromatic heterocycles. The van der Waals surface area contributed by atoms with E-state index in [0.717, 1.165) is 37.1 Å². The van der Waals surface area contributed by atoms with Crippen molar-refractivity contribution in [2.75, 3.05) is 5.32 Å². The van der Waals surface area contributed by atoms with Crippen LogP contribution in [0.5, 0.6) is 0 Å². The number of aryl methyl sites for hydroxylation is 2. The lowest BCUT2D eigenvalue weighted by Crippen LogP contribution is -2.43. The van der Waals surface area contributed by atoms with Crippen molar-refractivity contribution in [2.24, 2.45) is 0 Å². The number of carboxylic acids is 1. The molecular weight excluding hydrogens is 242 g/mol. The van der Waals surface area contributed by atoms with Crippen molar-refractivity contribution in [3.63, 3.8) is 0 Å². The number of hydrogen-bond acceptors (Lipinski definition) is 4. The molecule has 2 rings (SSSR count). The molecule has 1 heterocycles. The van der Waals surface area contributed by atoms with E-state index in [4.69, 9.17) is 5.11 Å². The fourth-order valence-corrected chi connectivity index (χ4v) is 2.88. The van der Waals surface area contributed by atoms with Crippen molar-refractivity contribution in [1.82, 2.24) is 9.97 Å². The first kappa shape index (κ1) is 13.8. The van der Waals surface area contributed by atoms with E-state index in [1.54, 1.807) is 0 Å². The molecule has 1 saturated carbocycles. The van der Waals surface area contributed by atoms with Crippen LogP contribution < -0.4 is 5.32 Å². The van der Waals surface area contributed by atoms with Gasteiger partial charge in [0.1, 0.15) is 0 Å². The molecule has 5 nitrogen and oxygen atoms in total. The highest BCUT2D eigenvalue weighted by atomic mass is 16.4. The van der Waals surface area contributed by atoms with E-state index < -0.39 is 5.97 Å². The van der Waals surface area contributed by atoms with Crippen LogP contribution in [0.1, 0.15) is 49.9 Å². The molecule has 0 saturated heterocycles. The summed E-state index contributed by atoms with van der Waals surface area (Å²) in [4.78, 5) is 19.8. The van der Waals surface area contributed by atoms with E-state index in [1.807, 2.05) is 19.9 Å². The normalized spacial score (nSPS) is 18.0. The lowest BCUT2D eigenvalue weighted by atomic mass is 9.79. The number of aliphatic carboxylic acids is 1. The second-order valence-electron chi connectivity index (χ2n) is 5.51. The van der Waals surface area contributed by atoms with E-state index in [-0.39, 0.29) is 12.0 Å². The number of aromatic nitrogens is 2. The molecule has 0 radical (unpaired) electrons. The Labute approximate surface area is 113 Å². The summed E-state index contributed by atoms with van der Waals surface area (Å²) in [6.07, 6.45) is 5.17. The van der Waals surface area contributed by atoms with E-state index in [0.29, 0.717) is 5.95 Å². The summed E-state index contributed by atoms with van der Waals surface area (Å²) in [5.41, 5.74) is 1.41. The maximum Gasteiger partial charge on any atom is 0.305 e. The number of nitrogens with one attached hydrogen (secondary N) is 1. The van der Waals surface area contributed by atoms with Gasteiger partial charge in [0.25, 0.3) is 0 Å². The minimum absolute atomic E-state index is 0.128. The highest BCUT2D eigenvalue weighted by Crippen LogP contribution is 2.33. The van der Waals surface area contributed by atoms with Crippen LogP contribution in [-0.2, 0) is 4.79 Å². The monoisotopic (exact) mass is 263 g/mol. The minimum atomic E-state index is -0.765. The SMILES string of the molecule is Cc1cc(C)nc(NC2(CC(=O)O)CCCCC2)n1. The predicted molar refractivity (Wildman–Crippen MR) is 73.2 cm³/mol. The Morgan fingerprint density at radius 2 is 1.84 bits per heavy atom. The van der Waals surface area contributed by atoms with Crippen LogP contribution in [0, 0.1) is 13.8 Å². The Morgan fingerprint density at radius 3 is 2.37 bits per heavy atom. The van der Waals surface area contributed by atoms with E-state index in [2.05, 4.69) is 15.3 Å². The van der Waals surface area contributed by atoms with Crippen molar-refractivity contribution in [3.8, 4) is 0 Å². The van der Waals surface area contributed by atoms with Crippen LogP contribution in [0.2, 0.25) is 0 Å². The molecule has 1 aromatic rings. The molecular formula is C14H21N3O2. The molecule has 0 aromatic carbocycles. The van der Waals surface area contributed by atoms with Crippen LogP contribution in [0.15, 0.2) is 6.07 Å². The van der Waals surface area contributed by atoms with Gasteiger partial charge in [0.15, 0.2) is 0 Å². The fraction of sp³-hybridized carbons (Fsp3) is 0.643. The molecule has 104 valence electrons. The smallest absolute Gasteiger partial charge is 0.305 e. The zero-order chi connectivity index (χ0) is 13.9. The molecule has 0 unspecified atom stereocenters. The fourth-order valence-electron chi connectivity index (χ4n) is 2.88. The predicted octanol–water partition coefficient (Wildman–Crippen LogP) is 2.68. The number of carbonyl (C=O) groups is 1. The summed E-state index contributed by atoms with van der Waals surface area (Å²) in [5.74, 6) is -0.209. The third-order valence-electron chi connectivity index (χ3n) is 3.66. The van der Waals surface area contributed by atoms with Gasteiger partial charge in [0.2, 0.25) is 5.95 Å². The van der Waals surface area contributed by atoms with Crippen LogP contribution in [0.25, 0.3) is 0 Å². The third-order valence-corrected chi connectivity index (χ3v) is 3.66. The van der Waals surface area contributed by atoms with Crippen LogP contribution >= 0.6 is 0 Å². The Balaban J connectivity index is 2.21. The Bertz CT molecular complexity index is 448. The Hall–Kier alpha value is -1.65. The van der Waals surface area contributed by atoms with Gasteiger partial charge in [0.05, 0.1) is 12.0 Å². The molecule has 1 aliphatic rings. The molecule has 0 bridgehead atoms. The third kappa shape index (κ3) is 3.66. The summed E-state index contributed by atoms with van der Waals surface area (Å²) >= 11 is 0. The lowest BCUT2D eigenvalue weighted by Gasteiger charge is -2.37. The summed E-state index contributed by atoms with van der Waals surface area (Å²) in [7, 11) is 0. The Morgan fingerprint density at radius 1 is 1.26 bits per heavy atom. The van der Waals surface area contributed by atoms with Gasteiger partial charge in [-0.15, -0.1) is 0 Å². The standard InChI is InChI=1S/C14H21N3O2/c1-10-8-11(2)16-13(15-10)17-14(9-12(18)19)6-4-3-5-7-14/h8H,3-7,9H2,1-2H3,(H,18,19)(H,15,16,17). The summed E-state index contributed by atoms with van der Waals surface area (Å²) < 4.78 is 0. The van der Waals surface area contributed by atoms with Gasteiger partial charge in [-0.05, 0) is 32.8 Å². The van der Waals surface area contributed by atoms with E-state index in [1.165, 1.54) is 6.42 Å². The van der Waals surface area contributed by atoms with Crippen molar-refractivity contribution >= 4 is 11.9 Å². The zero-order valence-electron chi connectivity index (χ0n) is 11.6. The average molecular weight is 263 g/mol. The number of hydrogen-bond donors (Lipinski definition) is 2. The van der Waals surface area contributed by atoms with Crippen molar-refractivity contribution in [2.45, 2.75) is 57.9 Å². The average Bonchev–Trinajstić information content (AvgIpc) is 2.26. The topological polar surface area (TPSA) is 75.1 Å².